The van der Waals surface area contributed by atoms with Crippen molar-refractivity contribution in [3.63, 3.8) is 0 Å². The highest BCUT2D eigenvalue weighted by molar-refractivity contribution is 7.89. The zero-order chi connectivity index (χ0) is 16.3. The summed E-state index contributed by atoms with van der Waals surface area (Å²) in [6, 6.07) is 4.86. The van der Waals surface area contributed by atoms with Crippen LogP contribution < -0.4 is 5.32 Å². The zero-order valence-corrected chi connectivity index (χ0v) is 15.0. The van der Waals surface area contributed by atoms with Crippen molar-refractivity contribution in [2.24, 2.45) is 5.41 Å². The fourth-order valence-corrected chi connectivity index (χ4v) is 3.67. The average Bonchev–Trinajstić information content (AvgIpc) is 2.35. The van der Waals surface area contributed by atoms with Gasteiger partial charge in [0.05, 0.1) is 4.90 Å². The molecule has 1 N–H and O–H groups in total. The number of nitrogens with zero attached hydrogens (tertiary/aromatic N) is 1. The first kappa shape index (κ1) is 18.4. The molecule has 1 aromatic rings. The first-order chi connectivity index (χ1) is 9.58. The molecule has 6 heteroatoms. The van der Waals surface area contributed by atoms with Gasteiger partial charge in [0.25, 0.3) is 0 Å². The standard InChI is InChI=1S/C15H25ClN2O2S/c1-6-17-10-12-9-13(7-8-14(12)16)21(19,20)18(5)11-15(2,3)4/h7-9,17H,6,10-11H2,1-5H3. The van der Waals surface area contributed by atoms with E-state index in [9.17, 15) is 8.42 Å². The lowest BCUT2D eigenvalue weighted by molar-refractivity contribution is 0.311. The highest BCUT2D eigenvalue weighted by Gasteiger charge is 2.25. The maximum Gasteiger partial charge on any atom is 0.242 e. The molecule has 0 aliphatic rings. The number of benzene rings is 1. The van der Waals surface area contributed by atoms with Gasteiger partial charge < -0.3 is 5.32 Å². The second-order valence-corrected chi connectivity index (χ2v) is 8.81. The molecule has 4 nitrogen and oxygen atoms in total. The van der Waals surface area contributed by atoms with Gasteiger partial charge in [0.1, 0.15) is 0 Å². The SMILES string of the molecule is CCNCc1cc(S(=O)(=O)N(C)CC(C)(C)C)ccc1Cl. The van der Waals surface area contributed by atoms with Crippen LogP contribution in [0.1, 0.15) is 33.3 Å². The van der Waals surface area contributed by atoms with Crippen LogP contribution in [0, 0.1) is 5.41 Å². The van der Waals surface area contributed by atoms with Crippen LogP contribution in [0.25, 0.3) is 0 Å². The van der Waals surface area contributed by atoms with E-state index in [2.05, 4.69) is 5.32 Å². The predicted molar refractivity (Wildman–Crippen MR) is 88.1 cm³/mol. The van der Waals surface area contributed by atoms with E-state index in [0.29, 0.717) is 18.1 Å². The summed E-state index contributed by atoms with van der Waals surface area (Å²) < 4.78 is 26.6. The highest BCUT2D eigenvalue weighted by atomic mass is 35.5. The highest BCUT2D eigenvalue weighted by Crippen LogP contribution is 2.24. The fourth-order valence-electron chi connectivity index (χ4n) is 2.04. The Kier molecular flexibility index (Phi) is 6.23. The second kappa shape index (κ2) is 7.09. The van der Waals surface area contributed by atoms with Gasteiger partial charge in [-0.3, -0.25) is 0 Å². The predicted octanol–water partition coefficient (Wildman–Crippen LogP) is 3.12. The van der Waals surface area contributed by atoms with Crippen LogP contribution in [0.4, 0.5) is 0 Å². The second-order valence-electron chi connectivity index (χ2n) is 6.36. The number of nitrogens with one attached hydrogen (secondary N) is 1. The van der Waals surface area contributed by atoms with Gasteiger partial charge in [0, 0.05) is 25.2 Å². The Labute approximate surface area is 133 Å². The van der Waals surface area contributed by atoms with Crippen molar-refractivity contribution in [1.29, 1.82) is 0 Å². The average molecular weight is 333 g/mol. The first-order valence-corrected chi connectivity index (χ1v) is 8.85. The molecule has 0 amide bonds. The van der Waals surface area contributed by atoms with Crippen LogP contribution in [0.2, 0.25) is 5.02 Å². The molecule has 0 bridgehead atoms. The van der Waals surface area contributed by atoms with Crippen LogP contribution in [-0.2, 0) is 16.6 Å². The summed E-state index contributed by atoms with van der Waals surface area (Å²) in [6.45, 7) is 9.84. The van der Waals surface area contributed by atoms with Crippen molar-refractivity contribution >= 4 is 21.6 Å². The summed E-state index contributed by atoms with van der Waals surface area (Å²) in [4.78, 5) is 0.284. The summed E-state index contributed by atoms with van der Waals surface area (Å²) in [6.07, 6.45) is 0. The number of halogens is 1. The lowest BCUT2D eigenvalue weighted by atomic mass is 9.97. The maximum absolute atomic E-state index is 12.6. The Morgan fingerprint density at radius 3 is 2.43 bits per heavy atom. The summed E-state index contributed by atoms with van der Waals surface area (Å²) in [5.74, 6) is 0. The number of sulfonamides is 1. The number of hydrogen-bond donors (Lipinski definition) is 1. The molecule has 0 unspecified atom stereocenters. The molecule has 0 fully saturated rings. The lowest BCUT2D eigenvalue weighted by Crippen LogP contribution is -2.34. The van der Waals surface area contributed by atoms with Crippen LogP contribution in [-0.4, -0.2) is 32.9 Å². The van der Waals surface area contributed by atoms with Gasteiger partial charge in [-0.05, 0) is 35.7 Å². The molecule has 0 atom stereocenters. The minimum atomic E-state index is -3.49. The van der Waals surface area contributed by atoms with Crippen LogP contribution in [0.15, 0.2) is 23.1 Å². The van der Waals surface area contributed by atoms with Gasteiger partial charge in [-0.1, -0.05) is 39.3 Å². The summed E-state index contributed by atoms with van der Waals surface area (Å²) >= 11 is 6.12. The fraction of sp³-hybridized carbons (Fsp3) is 0.600. The number of hydrogen-bond acceptors (Lipinski definition) is 3. The topological polar surface area (TPSA) is 49.4 Å². The Morgan fingerprint density at radius 1 is 1.29 bits per heavy atom. The largest absolute Gasteiger partial charge is 0.313 e. The Balaban J connectivity index is 3.08. The van der Waals surface area contributed by atoms with Crippen LogP contribution in [0.5, 0.6) is 0 Å². The minimum Gasteiger partial charge on any atom is -0.313 e. The maximum atomic E-state index is 12.6. The molecule has 1 aromatic carbocycles. The molecular formula is C15H25ClN2O2S. The third kappa shape index (κ3) is 5.25. The van der Waals surface area contributed by atoms with E-state index in [1.807, 2.05) is 27.7 Å². The smallest absolute Gasteiger partial charge is 0.242 e. The normalized spacial score (nSPS) is 12.9. The van der Waals surface area contributed by atoms with Gasteiger partial charge in [0.15, 0.2) is 0 Å². The molecule has 0 heterocycles. The lowest BCUT2D eigenvalue weighted by Gasteiger charge is -2.26. The van der Waals surface area contributed by atoms with Crippen molar-refractivity contribution in [2.45, 2.75) is 39.1 Å². The molecule has 0 saturated heterocycles. The van der Waals surface area contributed by atoms with E-state index in [0.717, 1.165) is 12.1 Å². The van der Waals surface area contributed by atoms with E-state index in [4.69, 9.17) is 11.6 Å². The minimum absolute atomic E-state index is 0.0964. The monoisotopic (exact) mass is 332 g/mol. The first-order valence-electron chi connectivity index (χ1n) is 7.03. The molecule has 0 aliphatic heterocycles. The van der Waals surface area contributed by atoms with Crippen molar-refractivity contribution in [3.8, 4) is 0 Å². The van der Waals surface area contributed by atoms with Crippen LogP contribution >= 0.6 is 11.6 Å². The summed E-state index contributed by atoms with van der Waals surface area (Å²) in [5, 5.41) is 3.74. The molecule has 120 valence electrons. The van der Waals surface area contributed by atoms with Crippen molar-refractivity contribution in [3.05, 3.63) is 28.8 Å². The molecule has 0 saturated carbocycles. The van der Waals surface area contributed by atoms with E-state index in [1.165, 1.54) is 4.31 Å². The van der Waals surface area contributed by atoms with Gasteiger partial charge in [-0.15, -0.1) is 0 Å². The molecule has 0 radical (unpaired) electrons. The summed E-state index contributed by atoms with van der Waals surface area (Å²) in [5.41, 5.74) is 0.699. The van der Waals surface area contributed by atoms with Crippen LogP contribution in [0.3, 0.4) is 0 Å². The Bertz CT molecular complexity index is 580. The van der Waals surface area contributed by atoms with Gasteiger partial charge in [-0.25, -0.2) is 12.7 Å². The third-order valence-electron chi connectivity index (χ3n) is 2.99. The number of rotatable bonds is 6. The zero-order valence-electron chi connectivity index (χ0n) is 13.4. The molecule has 1 rings (SSSR count). The van der Waals surface area contributed by atoms with Crippen molar-refractivity contribution in [2.75, 3.05) is 20.1 Å². The van der Waals surface area contributed by atoms with Gasteiger partial charge in [0.2, 0.25) is 10.0 Å². The van der Waals surface area contributed by atoms with Crippen molar-refractivity contribution in [1.82, 2.24) is 9.62 Å². The molecule has 0 aliphatic carbocycles. The van der Waals surface area contributed by atoms with Crippen molar-refractivity contribution < 1.29 is 8.42 Å². The van der Waals surface area contributed by atoms with E-state index in [-0.39, 0.29) is 10.3 Å². The Hall–Kier alpha value is -0.620. The van der Waals surface area contributed by atoms with E-state index in [1.54, 1.807) is 25.2 Å². The van der Waals surface area contributed by atoms with E-state index < -0.39 is 10.0 Å². The summed E-state index contributed by atoms with van der Waals surface area (Å²) in [7, 11) is -1.88. The molecule has 21 heavy (non-hydrogen) atoms. The Morgan fingerprint density at radius 2 is 1.90 bits per heavy atom. The van der Waals surface area contributed by atoms with Gasteiger partial charge >= 0.3 is 0 Å². The molecular weight excluding hydrogens is 308 g/mol. The third-order valence-corrected chi connectivity index (χ3v) is 5.16. The van der Waals surface area contributed by atoms with Gasteiger partial charge in [-0.2, -0.15) is 0 Å². The van der Waals surface area contributed by atoms with E-state index >= 15 is 0 Å². The molecule has 0 spiro atoms. The molecule has 0 aromatic heterocycles. The quantitative estimate of drug-likeness (QED) is 0.870.